The molecule has 1 amide bonds. The molecule has 2 N–H and O–H groups in total. The fourth-order valence-corrected chi connectivity index (χ4v) is 1.89. The van der Waals surface area contributed by atoms with Crippen LogP contribution in [-0.4, -0.2) is 42.4 Å². The third kappa shape index (κ3) is 5.45. The van der Waals surface area contributed by atoms with Crippen molar-refractivity contribution in [2.75, 3.05) is 20.3 Å². The van der Waals surface area contributed by atoms with Crippen LogP contribution in [0, 0.1) is 0 Å². The molecule has 0 saturated carbocycles. The molecular formula is C14H21ClN2O3. The maximum absolute atomic E-state index is 12.0. The molecule has 0 fully saturated rings. The lowest BCUT2D eigenvalue weighted by atomic mass is 10.1. The Bertz CT molecular complexity index is 452. The highest BCUT2D eigenvalue weighted by molar-refractivity contribution is 6.29. The van der Waals surface area contributed by atoms with Gasteiger partial charge in [-0.2, -0.15) is 0 Å². The van der Waals surface area contributed by atoms with E-state index in [-0.39, 0.29) is 18.4 Å². The summed E-state index contributed by atoms with van der Waals surface area (Å²) in [5.41, 5.74) is 1.26. The number of aliphatic hydroxyl groups is 1. The Morgan fingerprint density at radius 2 is 2.20 bits per heavy atom. The second-order valence-corrected chi connectivity index (χ2v) is 5.30. The topological polar surface area (TPSA) is 71.5 Å². The Morgan fingerprint density at radius 3 is 2.80 bits per heavy atom. The van der Waals surface area contributed by atoms with Crippen LogP contribution in [0.25, 0.3) is 0 Å². The monoisotopic (exact) mass is 300 g/mol. The van der Waals surface area contributed by atoms with E-state index in [1.165, 1.54) is 13.2 Å². The van der Waals surface area contributed by atoms with Crippen molar-refractivity contribution in [1.29, 1.82) is 0 Å². The number of amides is 1. The van der Waals surface area contributed by atoms with Crippen molar-refractivity contribution in [3.05, 3.63) is 28.5 Å². The molecule has 1 rings (SSSR count). The minimum Gasteiger partial charge on any atom is -0.391 e. The SMILES string of the molecule is COCC(O)CCNC(=O)c1cc(Cl)nc(C(C)C)c1. The molecule has 0 aliphatic heterocycles. The Morgan fingerprint density at radius 1 is 1.50 bits per heavy atom. The van der Waals surface area contributed by atoms with Crippen LogP contribution in [0.15, 0.2) is 12.1 Å². The van der Waals surface area contributed by atoms with Crippen molar-refractivity contribution in [3.63, 3.8) is 0 Å². The summed E-state index contributed by atoms with van der Waals surface area (Å²) in [5.74, 6) is -0.0235. The fraction of sp³-hybridized carbons (Fsp3) is 0.571. The number of hydrogen-bond donors (Lipinski definition) is 2. The first-order chi connectivity index (χ1) is 9.43. The summed E-state index contributed by atoms with van der Waals surface area (Å²) < 4.78 is 4.82. The van der Waals surface area contributed by atoms with Crippen LogP contribution in [0.2, 0.25) is 5.15 Å². The average molecular weight is 301 g/mol. The van der Waals surface area contributed by atoms with Gasteiger partial charge in [-0.1, -0.05) is 25.4 Å². The van der Waals surface area contributed by atoms with Crippen LogP contribution in [0.3, 0.4) is 0 Å². The highest BCUT2D eigenvalue weighted by Crippen LogP contribution is 2.17. The molecular weight excluding hydrogens is 280 g/mol. The van der Waals surface area contributed by atoms with Crippen molar-refractivity contribution in [3.8, 4) is 0 Å². The molecule has 0 aromatic carbocycles. The van der Waals surface area contributed by atoms with Gasteiger partial charge in [-0.25, -0.2) is 4.98 Å². The third-order valence-corrected chi connectivity index (χ3v) is 2.98. The zero-order valence-electron chi connectivity index (χ0n) is 12.0. The molecule has 0 aliphatic carbocycles. The first-order valence-electron chi connectivity index (χ1n) is 6.56. The molecule has 0 spiro atoms. The smallest absolute Gasteiger partial charge is 0.251 e. The minimum absolute atomic E-state index is 0.198. The Labute approximate surface area is 124 Å². The Kier molecular flexibility index (Phi) is 6.91. The summed E-state index contributed by atoms with van der Waals surface area (Å²) >= 11 is 5.92. The van der Waals surface area contributed by atoms with Gasteiger partial charge >= 0.3 is 0 Å². The van der Waals surface area contributed by atoms with E-state index in [1.807, 2.05) is 13.8 Å². The number of carbonyl (C=O) groups excluding carboxylic acids is 1. The number of hydrogen-bond acceptors (Lipinski definition) is 4. The lowest BCUT2D eigenvalue weighted by molar-refractivity contribution is 0.0587. The predicted octanol–water partition coefficient (Wildman–Crippen LogP) is 1.99. The zero-order chi connectivity index (χ0) is 15.1. The Hall–Kier alpha value is -1.17. The van der Waals surface area contributed by atoms with Crippen LogP contribution >= 0.6 is 11.6 Å². The number of halogens is 1. The fourth-order valence-electron chi connectivity index (χ4n) is 1.67. The number of nitrogens with zero attached hydrogens (tertiary/aromatic N) is 1. The van der Waals surface area contributed by atoms with Crippen molar-refractivity contribution in [2.24, 2.45) is 0 Å². The van der Waals surface area contributed by atoms with E-state index in [0.29, 0.717) is 23.7 Å². The highest BCUT2D eigenvalue weighted by atomic mass is 35.5. The lowest BCUT2D eigenvalue weighted by Gasteiger charge is -2.11. The number of ether oxygens (including phenoxy) is 1. The summed E-state index contributed by atoms with van der Waals surface area (Å²) in [7, 11) is 1.52. The molecule has 1 unspecified atom stereocenters. The Balaban J connectivity index is 2.59. The second-order valence-electron chi connectivity index (χ2n) is 4.91. The van der Waals surface area contributed by atoms with Gasteiger partial charge in [-0.15, -0.1) is 0 Å². The second kappa shape index (κ2) is 8.19. The largest absolute Gasteiger partial charge is 0.391 e. The minimum atomic E-state index is -0.576. The first kappa shape index (κ1) is 16.9. The quantitative estimate of drug-likeness (QED) is 0.755. The summed E-state index contributed by atoms with van der Waals surface area (Å²) in [6.07, 6.45) is -0.136. The number of carbonyl (C=O) groups is 1. The van der Waals surface area contributed by atoms with E-state index in [4.69, 9.17) is 16.3 Å². The van der Waals surface area contributed by atoms with Crippen molar-refractivity contribution in [2.45, 2.75) is 32.3 Å². The van der Waals surface area contributed by atoms with Gasteiger partial charge in [0.15, 0.2) is 0 Å². The molecule has 1 heterocycles. The molecule has 1 aromatic heterocycles. The molecule has 6 heteroatoms. The highest BCUT2D eigenvalue weighted by Gasteiger charge is 2.11. The molecule has 1 aromatic rings. The van der Waals surface area contributed by atoms with E-state index in [9.17, 15) is 9.90 Å². The molecule has 112 valence electrons. The van der Waals surface area contributed by atoms with Gasteiger partial charge in [-0.3, -0.25) is 4.79 Å². The molecule has 0 radical (unpaired) electrons. The standard InChI is InChI=1S/C14H21ClN2O3/c1-9(2)12-6-10(7-13(15)17-12)14(19)16-5-4-11(18)8-20-3/h6-7,9,11,18H,4-5,8H2,1-3H3,(H,16,19). The van der Waals surface area contributed by atoms with Crippen LogP contribution in [-0.2, 0) is 4.74 Å². The van der Waals surface area contributed by atoms with Gasteiger partial charge in [0.05, 0.1) is 12.7 Å². The van der Waals surface area contributed by atoms with Crippen LogP contribution in [0.5, 0.6) is 0 Å². The molecule has 5 nitrogen and oxygen atoms in total. The average Bonchev–Trinajstić information content (AvgIpc) is 2.38. The van der Waals surface area contributed by atoms with E-state index in [1.54, 1.807) is 6.07 Å². The molecule has 0 saturated heterocycles. The number of aliphatic hydroxyl groups excluding tert-OH is 1. The van der Waals surface area contributed by atoms with Crippen molar-refractivity contribution >= 4 is 17.5 Å². The number of nitrogens with one attached hydrogen (secondary N) is 1. The predicted molar refractivity (Wildman–Crippen MR) is 78.2 cm³/mol. The van der Waals surface area contributed by atoms with Crippen molar-refractivity contribution < 1.29 is 14.6 Å². The first-order valence-corrected chi connectivity index (χ1v) is 6.94. The zero-order valence-corrected chi connectivity index (χ0v) is 12.8. The van der Waals surface area contributed by atoms with E-state index < -0.39 is 6.10 Å². The van der Waals surface area contributed by atoms with Crippen LogP contribution < -0.4 is 5.32 Å². The van der Waals surface area contributed by atoms with Gasteiger partial charge < -0.3 is 15.2 Å². The van der Waals surface area contributed by atoms with Crippen LogP contribution in [0.4, 0.5) is 0 Å². The number of rotatable bonds is 7. The summed E-state index contributed by atoms with van der Waals surface area (Å²) in [6, 6.07) is 3.27. The summed E-state index contributed by atoms with van der Waals surface area (Å²) in [6.45, 7) is 4.61. The maximum Gasteiger partial charge on any atom is 0.251 e. The summed E-state index contributed by atoms with van der Waals surface area (Å²) in [4.78, 5) is 16.2. The molecule has 0 bridgehead atoms. The van der Waals surface area contributed by atoms with Gasteiger partial charge in [0.2, 0.25) is 0 Å². The van der Waals surface area contributed by atoms with E-state index in [0.717, 1.165) is 5.69 Å². The van der Waals surface area contributed by atoms with Gasteiger partial charge in [-0.05, 0) is 24.5 Å². The third-order valence-electron chi connectivity index (χ3n) is 2.79. The van der Waals surface area contributed by atoms with Crippen LogP contribution in [0.1, 0.15) is 42.2 Å². The van der Waals surface area contributed by atoms with Gasteiger partial charge in [0.25, 0.3) is 5.91 Å². The van der Waals surface area contributed by atoms with Crippen molar-refractivity contribution in [1.82, 2.24) is 10.3 Å². The molecule has 1 atom stereocenters. The normalized spacial score (nSPS) is 12.5. The number of methoxy groups -OCH3 is 1. The maximum atomic E-state index is 12.0. The van der Waals surface area contributed by atoms with Gasteiger partial charge in [0.1, 0.15) is 5.15 Å². The van der Waals surface area contributed by atoms with E-state index in [2.05, 4.69) is 10.3 Å². The van der Waals surface area contributed by atoms with E-state index >= 15 is 0 Å². The van der Waals surface area contributed by atoms with Gasteiger partial charge in [0, 0.05) is 24.9 Å². The number of aromatic nitrogens is 1. The summed E-state index contributed by atoms with van der Waals surface area (Å²) in [5, 5.41) is 12.5. The number of pyridine rings is 1. The lowest BCUT2D eigenvalue weighted by Crippen LogP contribution is -2.28. The molecule has 20 heavy (non-hydrogen) atoms. The molecule has 0 aliphatic rings.